The molecule has 0 bridgehead atoms. The van der Waals surface area contributed by atoms with Gasteiger partial charge in [-0.25, -0.2) is 4.39 Å². The van der Waals surface area contributed by atoms with Crippen LogP contribution in [0.1, 0.15) is 5.56 Å². The van der Waals surface area contributed by atoms with Crippen LogP contribution in [0, 0.1) is 5.82 Å². The van der Waals surface area contributed by atoms with Crippen molar-refractivity contribution in [1.82, 2.24) is 14.7 Å². The topological polar surface area (TPSA) is 33.1 Å². The minimum Gasteiger partial charge on any atom is -0.364 e. The molecule has 1 aromatic heterocycles. The summed E-state index contributed by atoms with van der Waals surface area (Å²) < 4.78 is 14.8. The first kappa shape index (κ1) is 14.8. The van der Waals surface area contributed by atoms with E-state index in [9.17, 15) is 4.39 Å². The minimum absolute atomic E-state index is 0.327. The summed E-state index contributed by atoms with van der Waals surface area (Å²) in [6.45, 7) is 2.29. The Labute approximate surface area is 123 Å². The molecule has 108 valence electrons. The number of rotatable bonds is 6. The zero-order valence-electron chi connectivity index (χ0n) is 11.6. The molecule has 0 amide bonds. The normalized spacial score (nSPS) is 11.1. The van der Waals surface area contributed by atoms with Crippen molar-refractivity contribution in [3.63, 3.8) is 0 Å². The number of hydrogen-bond donors (Lipinski definition) is 1. The largest absolute Gasteiger partial charge is 0.364 e. The monoisotopic (exact) mass is 296 g/mol. The lowest BCUT2D eigenvalue weighted by atomic mass is 10.2. The fraction of sp³-hybridized carbons (Fsp3) is 0.357. The van der Waals surface area contributed by atoms with E-state index in [1.54, 1.807) is 6.07 Å². The summed E-state index contributed by atoms with van der Waals surface area (Å²) in [4.78, 5) is 2.10. The van der Waals surface area contributed by atoms with Gasteiger partial charge in [-0.2, -0.15) is 5.10 Å². The van der Waals surface area contributed by atoms with Gasteiger partial charge in [-0.15, -0.1) is 0 Å². The first-order chi connectivity index (χ1) is 9.54. The molecule has 4 nitrogen and oxygen atoms in total. The summed E-state index contributed by atoms with van der Waals surface area (Å²) in [5.74, 6) is 0.455. The highest BCUT2D eigenvalue weighted by molar-refractivity contribution is 6.31. The van der Waals surface area contributed by atoms with Gasteiger partial charge in [0.15, 0.2) is 0 Å². The Morgan fingerprint density at radius 2 is 2.15 bits per heavy atom. The van der Waals surface area contributed by atoms with Gasteiger partial charge >= 0.3 is 0 Å². The van der Waals surface area contributed by atoms with E-state index >= 15 is 0 Å². The van der Waals surface area contributed by atoms with Crippen molar-refractivity contribution in [2.75, 3.05) is 26.0 Å². The standard InChI is InChI=1S/C14H18ClFN4/c1-19(2)7-8-20-6-5-14(18-20)17-10-11-3-4-12(16)9-13(11)15/h3-6,9H,7-8,10H2,1-2H3,(H,17,18). The van der Waals surface area contributed by atoms with Gasteiger partial charge in [-0.3, -0.25) is 4.68 Å². The van der Waals surface area contributed by atoms with Crippen LogP contribution in [0.3, 0.4) is 0 Å². The van der Waals surface area contributed by atoms with Crippen LogP contribution < -0.4 is 5.32 Å². The highest BCUT2D eigenvalue weighted by Gasteiger charge is 2.03. The van der Waals surface area contributed by atoms with Gasteiger partial charge in [0, 0.05) is 30.4 Å². The zero-order valence-corrected chi connectivity index (χ0v) is 12.4. The van der Waals surface area contributed by atoms with Crippen molar-refractivity contribution in [2.24, 2.45) is 0 Å². The SMILES string of the molecule is CN(C)CCn1ccc(NCc2ccc(F)cc2Cl)n1. The molecule has 1 N–H and O–H groups in total. The van der Waals surface area contributed by atoms with Gasteiger partial charge in [-0.1, -0.05) is 17.7 Å². The minimum atomic E-state index is -0.327. The Bertz CT molecular complexity index is 568. The molecule has 2 rings (SSSR count). The van der Waals surface area contributed by atoms with Crippen molar-refractivity contribution >= 4 is 17.4 Å². The molecule has 0 aliphatic rings. The smallest absolute Gasteiger partial charge is 0.148 e. The number of halogens is 2. The van der Waals surface area contributed by atoms with Gasteiger partial charge in [0.2, 0.25) is 0 Å². The first-order valence-corrected chi connectivity index (χ1v) is 6.78. The summed E-state index contributed by atoms with van der Waals surface area (Å²) in [6.07, 6.45) is 1.93. The van der Waals surface area contributed by atoms with E-state index in [1.807, 2.05) is 31.0 Å². The molecule has 2 aromatic rings. The molecule has 0 unspecified atom stereocenters. The summed E-state index contributed by atoms with van der Waals surface area (Å²) in [5.41, 5.74) is 0.843. The van der Waals surface area contributed by atoms with Crippen LogP contribution in [-0.4, -0.2) is 35.3 Å². The molecule has 0 aliphatic carbocycles. The number of anilines is 1. The van der Waals surface area contributed by atoms with E-state index in [1.165, 1.54) is 12.1 Å². The lowest BCUT2D eigenvalue weighted by molar-refractivity contribution is 0.373. The van der Waals surface area contributed by atoms with Crippen molar-refractivity contribution in [3.8, 4) is 0 Å². The van der Waals surface area contributed by atoms with Crippen LogP contribution in [0.15, 0.2) is 30.5 Å². The number of aromatic nitrogens is 2. The lowest BCUT2D eigenvalue weighted by Gasteiger charge is -2.09. The van der Waals surface area contributed by atoms with Crippen LogP contribution in [0.25, 0.3) is 0 Å². The summed E-state index contributed by atoms with van der Waals surface area (Å²) in [6, 6.07) is 6.30. The van der Waals surface area contributed by atoms with Crippen molar-refractivity contribution in [2.45, 2.75) is 13.1 Å². The maximum Gasteiger partial charge on any atom is 0.148 e. The van der Waals surface area contributed by atoms with E-state index in [0.29, 0.717) is 11.6 Å². The van der Waals surface area contributed by atoms with Crippen LogP contribution in [0.2, 0.25) is 5.02 Å². The Kier molecular flexibility index (Phi) is 4.98. The molecule has 20 heavy (non-hydrogen) atoms. The van der Waals surface area contributed by atoms with Crippen LogP contribution >= 0.6 is 11.6 Å². The third kappa shape index (κ3) is 4.21. The molecule has 0 radical (unpaired) electrons. The van der Waals surface area contributed by atoms with Crippen molar-refractivity contribution < 1.29 is 4.39 Å². The fourth-order valence-corrected chi connectivity index (χ4v) is 1.97. The number of nitrogens with one attached hydrogen (secondary N) is 1. The number of benzene rings is 1. The Balaban J connectivity index is 1.90. The van der Waals surface area contributed by atoms with Gasteiger partial charge in [-0.05, 0) is 31.8 Å². The molecule has 0 spiro atoms. The maximum atomic E-state index is 12.9. The van der Waals surface area contributed by atoms with E-state index in [4.69, 9.17) is 11.6 Å². The van der Waals surface area contributed by atoms with Crippen LogP contribution in [-0.2, 0) is 13.1 Å². The van der Waals surface area contributed by atoms with Gasteiger partial charge in [0.25, 0.3) is 0 Å². The quantitative estimate of drug-likeness (QED) is 0.890. The molecule has 0 aliphatic heterocycles. The second-order valence-electron chi connectivity index (χ2n) is 4.86. The highest BCUT2D eigenvalue weighted by Crippen LogP contribution is 2.18. The summed E-state index contributed by atoms with van der Waals surface area (Å²) in [7, 11) is 4.05. The summed E-state index contributed by atoms with van der Waals surface area (Å²) in [5, 5.41) is 8.00. The van der Waals surface area contributed by atoms with Gasteiger partial charge < -0.3 is 10.2 Å². The number of hydrogen-bond acceptors (Lipinski definition) is 3. The van der Waals surface area contributed by atoms with E-state index < -0.39 is 0 Å². The molecule has 1 heterocycles. The molecule has 0 fully saturated rings. The van der Waals surface area contributed by atoms with Crippen molar-refractivity contribution in [3.05, 3.63) is 46.9 Å². The second kappa shape index (κ2) is 6.72. The average Bonchev–Trinajstić information content (AvgIpc) is 2.83. The van der Waals surface area contributed by atoms with E-state index in [2.05, 4.69) is 15.3 Å². The van der Waals surface area contributed by atoms with Crippen LogP contribution in [0.5, 0.6) is 0 Å². The molecule has 0 saturated heterocycles. The van der Waals surface area contributed by atoms with E-state index in [-0.39, 0.29) is 5.82 Å². The van der Waals surface area contributed by atoms with Gasteiger partial charge in [0.1, 0.15) is 11.6 Å². The van der Waals surface area contributed by atoms with E-state index in [0.717, 1.165) is 24.5 Å². The third-order valence-corrected chi connectivity index (χ3v) is 3.24. The fourth-order valence-electron chi connectivity index (χ4n) is 1.73. The predicted octanol–water partition coefficient (Wildman–Crippen LogP) is 2.85. The zero-order chi connectivity index (χ0) is 14.5. The Morgan fingerprint density at radius 3 is 2.85 bits per heavy atom. The average molecular weight is 297 g/mol. The molecular weight excluding hydrogens is 279 g/mol. The molecule has 0 atom stereocenters. The number of likely N-dealkylation sites (N-methyl/N-ethyl adjacent to an activating group) is 1. The summed E-state index contributed by atoms with van der Waals surface area (Å²) >= 11 is 5.97. The predicted molar refractivity (Wildman–Crippen MR) is 79.5 cm³/mol. The van der Waals surface area contributed by atoms with Gasteiger partial charge in [0.05, 0.1) is 6.54 Å². The second-order valence-corrected chi connectivity index (χ2v) is 5.26. The van der Waals surface area contributed by atoms with Crippen LogP contribution in [0.4, 0.5) is 10.2 Å². The molecule has 1 aromatic carbocycles. The first-order valence-electron chi connectivity index (χ1n) is 6.40. The highest BCUT2D eigenvalue weighted by atomic mass is 35.5. The lowest BCUT2D eigenvalue weighted by Crippen LogP contribution is -2.18. The Morgan fingerprint density at radius 1 is 1.35 bits per heavy atom. The number of nitrogens with zero attached hydrogens (tertiary/aromatic N) is 3. The Hall–Kier alpha value is -1.59. The molecular formula is C14H18ClFN4. The third-order valence-electron chi connectivity index (χ3n) is 2.89. The molecule has 6 heteroatoms. The molecule has 0 saturated carbocycles. The van der Waals surface area contributed by atoms with Crippen molar-refractivity contribution in [1.29, 1.82) is 0 Å². The maximum absolute atomic E-state index is 12.9.